The first-order valence-corrected chi connectivity index (χ1v) is 24.3. The summed E-state index contributed by atoms with van der Waals surface area (Å²) >= 11 is 0. The molecule has 0 radical (unpaired) electrons. The molecule has 2 aliphatic rings. The maximum atomic E-state index is 12.9. The monoisotopic (exact) mass is 891 g/mol. The number of rotatable bonds is 37. The van der Waals surface area contributed by atoms with Gasteiger partial charge in [0, 0.05) is 12.8 Å². The van der Waals surface area contributed by atoms with E-state index in [4.69, 9.17) is 28.4 Å². The second-order valence-electron chi connectivity index (χ2n) is 17.3. The number of hydrogen-bond acceptors (Lipinski definition) is 15. The van der Waals surface area contributed by atoms with Crippen LogP contribution in [0.3, 0.4) is 0 Å². The van der Waals surface area contributed by atoms with Crippen LogP contribution in [-0.2, 0) is 38.0 Å². The van der Waals surface area contributed by atoms with Crippen LogP contribution in [-0.4, -0.2) is 142 Å². The molecule has 2 heterocycles. The third kappa shape index (κ3) is 24.0. The van der Waals surface area contributed by atoms with Crippen LogP contribution >= 0.6 is 0 Å². The molecule has 2 saturated heterocycles. The minimum atomic E-state index is -1.76. The number of ether oxygens (including phenoxy) is 6. The fourth-order valence-corrected chi connectivity index (χ4v) is 7.68. The highest BCUT2D eigenvalue weighted by atomic mass is 16.7. The van der Waals surface area contributed by atoms with Gasteiger partial charge in [0.25, 0.3) is 0 Å². The minimum Gasteiger partial charge on any atom is -0.462 e. The van der Waals surface area contributed by atoms with Crippen molar-refractivity contribution in [3.05, 3.63) is 12.2 Å². The van der Waals surface area contributed by atoms with Gasteiger partial charge in [0.05, 0.1) is 19.8 Å². The quantitative estimate of drug-likeness (QED) is 0.0221. The number of carbonyl (C=O) groups excluding carboxylic acids is 2. The van der Waals surface area contributed by atoms with Crippen LogP contribution in [0.4, 0.5) is 0 Å². The van der Waals surface area contributed by atoms with E-state index in [0.717, 1.165) is 44.9 Å². The highest BCUT2D eigenvalue weighted by Gasteiger charge is 2.47. The van der Waals surface area contributed by atoms with Gasteiger partial charge in [-0.2, -0.15) is 0 Å². The second kappa shape index (κ2) is 35.5. The molecule has 15 heteroatoms. The molecule has 7 N–H and O–H groups in total. The summed E-state index contributed by atoms with van der Waals surface area (Å²) in [6.07, 6.45) is 15.4. The van der Waals surface area contributed by atoms with Gasteiger partial charge in [0.15, 0.2) is 18.7 Å². The van der Waals surface area contributed by atoms with Crippen molar-refractivity contribution in [1.29, 1.82) is 0 Å². The summed E-state index contributed by atoms with van der Waals surface area (Å²) in [6, 6.07) is 0. The molecule has 0 aromatic carbocycles. The SMILES string of the molecule is CCCCCCCCCC/C=C/CCCCCC(=O)O[C@H](COC(=O)CCCCCCCCCCCCC)CO[C@@H]1O[C@H](CO[C@@H]2O[C@H](CO)[C@H](O)C(O)C2O)[C@H](O)C(O)C1O. The van der Waals surface area contributed by atoms with E-state index in [1.807, 2.05) is 0 Å². The lowest BCUT2D eigenvalue weighted by atomic mass is 9.98. The first-order chi connectivity index (χ1) is 30.0. The summed E-state index contributed by atoms with van der Waals surface area (Å²) in [5, 5.41) is 71.9. The third-order valence-corrected chi connectivity index (χ3v) is 11.7. The summed E-state index contributed by atoms with van der Waals surface area (Å²) in [4.78, 5) is 25.6. The van der Waals surface area contributed by atoms with Gasteiger partial charge in [-0.05, 0) is 38.5 Å². The Morgan fingerprint density at radius 1 is 0.500 bits per heavy atom. The summed E-state index contributed by atoms with van der Waals surface area (Å²) in [6.45, 7) is 2.56. The Bertz CT molecular complexity index is 1140. The van der Waals surface area contributed by atoms with E-state index in [1.165, 1.54) is 96.3 Å². The molecular weight excluding hydrogens is 805 g/mol. The number of hydrogen-bond donors (Lipinski definition) is 7. The van der Waals surface area contributed by atoms with Crippen molar-refractivity contribution in [2.24, 2.45) is 0 Å². The van der Waals surface area contributed by atoms with Gasteiger partial charge in [-0.25, -0.2) is 0 Å². The molecule has 4 unspecified atom stereocenters. The molecule has 2 aliphatic heterocycles. The van der Waals surface area contributed by atoms with E-state index in [9.17, 15) is 45.3 Å². The lowest BCUT2D eigenvalue weighted by molar-refractivity contribution is -0.332. The van der Waals surface area contributed by atoms with Crippen molar-refractivity contribution in [3.63, 3.8) is 0 Å². The average molecular weight is 891 g/mol. The van der Waals surface area contributed by atoms with E-state index in [0.29, 0.717) is 12.8 Å². The van der Waals surface area contributed by atoms with Crippen LogP contribution in [0.5, 0.6) is 0 Å². The highest BCUT2D eigenvalue weighted by molar-refractivity contribution is 5.70. The van der Waals surface area contributed by atoms with E-state index < -0.39 is 92.7 Å². The van der Waals surface area contributed by atoms with Crippen LogP contribution < -0.4 is 0 Å². The van der Waals surface area contributed by atoms with Gasteiger partial charge in [-0.15, -0.1) is 0 Å². The first kappa shape index (κ1) is 56.4. The molecule has 11 atom stereocenters. The third-order valence-electron chi connectivity index (χ3n) is 11.7. The van der Waals surface area contributed by atoms with Gasteiger partial charge >= 0.3 is 11.9 Å². The van der Waals surface area contributed by atoms with E-state index in [1.54, 1.807) is 0 Å². The van der Waals surface area contributed by atoms with Crippen LogP contribution in [0.1, 0.15) is 181 Å². The molecule has 2 fully saturated rings. The average Bonchev–Trinajstić information content (AvgIpc) is 3.26. The Morgan fingerprint density at radius 2 is 0.919 bits per heavy atom. The standard InChI is InChI=1S/C47H86O15/c1-3-5-7-9-11-13-15-16-17-18-20-22-24-26-28-30-39(50)60-35(32-57-38(49)29-27-25-23-21-19-14-12-10-8-6-4-2)33-58-46-45(56)43(54)41(52)37(62-46)34-59-47-44(55)42(53)40(51)36(31-48)61-47/h18,20,35-37,40-48,51-56H,3-17,19,21-34H2,1-2H3/b20-18+/t35-,36-,37-,40+,41+,42?,43?,44?,45?,46-,47-/m1/s1. The molecule has 364 valence electrons. The molecule has 0 aliphatic carbocycles. The summed E-state index contributed by atoms with van der Waals surface area (Å²) in [5.41, 5.74) is 0. The van der Waals surface area contributed by atoms with Gasteiger partial charge in [-0.3, -0.25) is 9.59 Å². The summed E-state index contributed by atoms with van der Waals surface area (Å²) in [7, 11) is 0. The second-order valence-corrected chi connectivity index (χ2v) is 17.3. The molecule has 0 spiro atoms. The summed E-state index contributed by atoms with van der Waals surface area (Å²) < 4.78 is 33.5. The molecule has 0 aromatic rings. The Morgan fingerprint density at radius 3 is 1.44 bits per heavy atom. The van der Waals surface area contributed by atoms with Crippen molar-refractivity contribution < 1.29 is 73.8 Å². The van der Waals surface area contributed by atoms with Gasteiger partial charge in [0.1, 0.15) is 55.4 Å². The van der Waals surface area contributed by atoms with E-state index >= 15 is 0 Å². The maximum absolute atomic E-state index is 12.9. The van der Waals surface area contributed by atoms with Crippen LogP contribution in [0.25, 0.3) is 0 Å². The first-order valence-electron chi connectivity index (χ1n) is 24.3. The van der Waals surface area contributed by atoms with Gasteiger partial charge in [-0.1, -0.05) is 142 Å². The molecule has 15 nitrogen and oxygen atoms in total. The van der Waals surface area contributed by atoms with Crippen molar-refractivity contribution in [2.75, 3.05) is 26.4 Å². The Balaban J connectivity index is 1.84. The van der Waals surface area contributed by atoms with Crippen molar-refractivity contribution in [1.82, 2.24) is 0 Å². The predicted molar refractivity (Wildman–Crippen MR) is 234 cm³/mol. The van der Waals surface area contributed by atoms with Crippen molar-refractivity contribution in [3.8, 4) is 0 Å². The molecule has 0 amide bonds. The van der Waals surface area contributed by atoms with E-state index in [2.05, 4.69) is 26.0 Å². The van der Waals surface area contributed by atoms with E-state index in [-0.39, 0.29) is 26.1 Å². The lowest BCUT2D eigenvalue weighted by Crippen LogP contribution is -2.61. The largest absolute Gasteiger partial charge is 0.462 e. The number of aliphatic hydroxyl groups excluding tert-OH is 7. The number of aliphatic hydroxyl groups is 7. The smallest absolute Gasteiger partial charge is 0.306 e. The van der Waals surface area contributed by atoms with Crippen LogP contribution in [0.15, 0.2) is 12.2 Å². The van der Waals surface area contributed by atoms with Crippen molar-refractivity contribution in [2.45, 2.75) is 248 Å². The molecule has 0 bridgehead atoms. The zero-order chi connectivity index (χ0) is 45.4. The molecule has 0 saturated carbocycles. The highest BCUT2D eigenvalue weighted by Crippen LogP contribution is 2.26. The van der Waals surface area contributed by atoms with Crippen molar-refractivity contribution >= 4 is 11.9 Å². The Labute approximate surface area is 371 Å². The fourth-order valence-electron chi connectivity index (χ4n) is 7.68. The number of esters is 2. The number of carbonyl (C=O) groups is 2. The maximum Gasteiger partial charge on any atom is 0.306 e. The molecular formula is C47H86O15. The van der Waals surface area contributed by atoms with Gasteiger partial charge < -0.3 is 64.2 Å². The lowest BCUT2D eigenvalue weighted by Gasteiger charge is -2.42. The Kier molecular flexibility index (Phi) is 32.3. The zero-order valence-electron chi connectivity index (χ0n) is 38.1. The Hall–Kier alpha value is -1.76. The van der Waals surface area contributed by atoms with Gasteiger partial charge in [0.2, 0.25) is 0 Å². The normalized spacial score (nSPS) is 27.1. The predicted octanol–water partition coefficient (Wildman–Crippen LogP) is 5.82. The molecule has 0 aromatic heterocycles. The minimum absolute atomic E-state index is 0.149. The number of unbranched alkanes of at least 4 members (excludes halogenated alkanes) is 21. The number of allylic oxidation sites excluding steroid dienone is 2. The zero-order valence-corrected chi connectivity index (χ0v) is 38.1. The molecule has 62 heavy (non-hydrogen) atoms. The van der Waals surface area contributed by atoms with Crippen LogP contribution in [0, 0.1) is 0 Å². The van der Waals surface area contributed by atoms with Crippen LogP contribution in [0.2, 0.25) is 0 Å². The summed E-state index contributed by atoms with van der Waals surface area (Å²) in [5.74, 6) is -0.938. The topological polar surface area (TPSA) is 231 Å². The molecule has 2 rings (SSSR count). The fraction of sp³-hybridized carbons (Fsp3) is 0.915.